The molecule has 3 heterocycles. The quantitative estimate of drug-likeness (QED) is 0.573. The van der Waals surface area contributed by atoms with Crippen molar-refractivity contribution in [1.29, 1.82) is 0 Å². The number of hydrogen-bond acceptors (Lipinski definition) is 5. The standard InChI is InChI=1S/C22H23N6O4/c1-10(2)27-15-8-13-12(7-11(15)21(3,4)18(27)29)24-17(25-13)14-9-16(28(26-14)20(23)32)22(5-6-22)19(30)31/h7-8,10H,5-6H2,1-4H3,(H2,23,32)(H,24,25)(H,30,31). The first kappa shape index (κ1) is 20.2. The molecular formula is C22H23N6O4. The van der Waals surface area contributed by atoms with Gasteiger partial charge < -0.3 is 20.7 Å². The van der Waals surface area contributed by atoms with Crippen LogP contribution < -0.4 is 10.6 Å². The van der Waals surface area contributed by atoms with Gasteiger partial charge in [0.25, 0.3) is 0 Å². The number of nitrogens with one attached hydrogen (secondary N) is 1. The Morgan fingerprint density at radius 1 is 1.28 bits per heavy atom. The van der Waals surface area contributed by atoms with Gasteiger partial charge in [-0.3, -0.25) is 9.59 Å². The summed E-state index contributed by atoms with van der Waals surface area (Å²) in [6.07, 6.45) is 0.774. The highest BCUT2D eigenvalue weighted by Crippen LogP contribution is 2.49. The highest BCUT2D eigenvalue weighted by molar-refractivity contribution is 6.09. The number of carbonyl (C=O) groups is 3. The van der Waals surface area contributed by atoms with Crippen molar-refractivity contribution in [3.05, 3.63) is 29.5 Å². The Morgan fingerprint density at radius 3 is 2.53 bits per heavy atom. The van der Waals surface area contributed by atoms with E-state index in [1.54, 1.807) is 4.90 Å². The van der Waals surface area contributed by atoms with E-state index in [0.717, 1.165) is 15.9 Å². The van der Waals surface area contributed by atoms with Gasteiger partial charge in [-0.2, -0.15) is 9.78 Å². The molecule has 0 spiro atoms. The van der Waals surface area contributed by atoms with Gasteiger partial charge in [0.1, 0.15) is 11.1 Å². The van der Waals surface area contributed by atoms with Crippen molar-refractivity contribution in [2.45, 2.75) is 57.4 Å². The molecule has 0 saturated heterocycles. The molecule has 0 atom stereocenters. The number of carboxylic acids is 1. The van der Waals surface area contributed by atoms with Crippen molar-refractivity contribution < 1.29 is 19.5 Å². The predicted octanol–water partition coefficient (Wildman–Crippen LogP) is 2.30. The molecular weight excluding hydrogens is 412 g/mol. The third kappa shape index (κ3) is 2.55. The summed E-state index contributed by atoms with van der Waals surface area (Å²) in [5.41, 5.74) is 6.94. The molecule has 2 aromatic heterocycles. The van der Waals surface area contributed by atoms with E-state index in [9.17, 15) is 19.5 Å². The fourth-order valence-electron chi connectivity index (χ4n) is 4.50. The largest absolute Gasteiger partial charge is 0.481 e. The second-order valence-corrected chi connectivity index (χ2v) is 9.33. The average Bonchev–Trinajstić information content (AvgIpc) is 3.14. The van der Waals surface area contributed by atoms with Gasteiger partial charge in [-0.25, -0.2) is 9.78 Å². The van der Waals surface area contributed by atoms with E-state index >= 15 is 0 Å². The first-order chi connectivity index (χ1) is 15.0. The maximum absolute atomic E-state index is 13.0. The third-order valence-electron chi connectivity index (χ3n) is 6.50. The van der Waals surface area contributed by atoms with E-state index in [1.165, 1.54) is 0 Å². The van der Waals surface area contributed by atoms with Crippen LogP contribution in [0, 0.1) is 6.07 Å². The molecule has 10 nitrogen and oxygen atoms in total. The fourth-order valence-corrected chi connectivity index (χ4v) is 4.50. The fraction of sp³-hybridized carbons (Fsp3) is 0.409. The van der Waals surface area contributed by atoms with Crippen molar-refractivity contribution in [1.82, 2.24) is 19.7 Å². The van der Waals surface area contributed by atoms with E-state index in [4.69, 9.17) is 5.73 Å². The number of nitrogens with two attached hydrogens (primary N) is 1. The van der Waals surface area contributed by atoms with Gasteiger partial charge in [0.2, 0.25) is 5.91 Å². The van der Waals surface area contributed by atoms with Crippen molar-refractivity contribution in [3.63, 3.8) is 0 Å². The number of hydrogen-bond donors (Lipinski definition) is 3. The van der Waals surface area contributed by atoms with Gasteiger partial charge in [0, 0.05) is 12.1 Å². The van der Waals surface area contributed by atoms with Crippen molar-refractivity contribution >= 4 is 34.6 Å². The maximum Gasteiger partial charge on any atom is 0.339 e. The minimum absolute atomic E-state index is 0.00760. The normalized spacial score (nSPS) is 18.4. The molecule has 4 N–H and O–H groups in total. The van der Waals surface area contributed by atoms with Crippen LogP contribution in [0.25, 0.3) is 22.6 Å². The van der Waals surface area contributed by atoms with E-state index in [2.05, 4.69) is 21.1 Å². The predicted molar refractivity (Wildman–Crippen MR) is 115 cm³/mol. The summed E-state index contributed by atoms with van der Waals surface area (Å²) < 4.78 is 0.895. The zero-order valence-electron chi connectivity index (χ0n) is 18.2. The lowest BCUT2D eigenvalue weighted by molar-refractivity contribution is -0.140. The maximum atomic E-state index is 13.0. The molecule has 1 aromatic carbocycles. The summed E-state index contributed by atoms with van der Waals surface area (Å²) in [6, 6.07) is 5.83. The van der Waals surface area contributed by atoms with Crippen molar-refractivity contribution in [2.75, 3.05) is 4.90 Å². The minimum atomic E-state index is -1.20. The molecule has 5 rings (SSSR count). The number of benzene rings is 1. The molecule has 3 aromatic rings. The van der Waals surface area contributed by atoms with Crippen molar-refractivity contribution in [2.24, 2.45) is 5.73 Å². The summed E-state index contributed by atoms with van der Waals surface area (Å²) in [6.45, 7) is 7.73. The number of aliphatic carboxylic acids is 1. The summed E-state index contributed by atoms with van der Waals surface area (Å²) in [4.78, 5) is 46.2. The number of rotatable bonds is 4. The number of H-pyrrole nitrogens is 1. The van der Waals surface area contributed by atoms with Crippen LogP contribution in [0.3, 0.4) is 0 Å². The molecule has 165 valence electrons. The molecule has 1 saturated carbocycles. The molecule has 32 heavy (non-hydrogen) atoms. The summed E-state index contributed by atoms with van der Waals surface area (Å²) in [5.74, 6) is -0.660. The van der Waals surface area contributed by atoms with Gasteiger partial charge >= 0.3 is 12.0 Å². The number of aromatic nitrogens is 4. The van der Waals surface area contributed by atoms with Crippen LogP contribution in [0.15, 0.2) is 12.1 Å². The smallest absolute Gasteiger partial charge is 0.339 e. The van der Waals surface area contributed by atoms with Gasteiger partial charge in [0.05, 0.1) is 27.8 Å². The van der Waals surface area contributed by atoms with Gasteiger partial charge in [0.15, 0.2) is 5.82 Å². The molecule has 1 aliphatic heterocycles. The van der Waals surface area contributed by atoms with Crippen LogP contribution in [-0.4, -0.2) is 48.8 Å². The lowest BCUT2D eigenvalue weighted by Gasteiger charge is -2.24. The average molecular weight is 435 g/mol. The lowest BCUT2D eigenvalue weighted by atomic mass is 9.86. The molecule has 0 unspecified atom stereocenters. The molecule has 10 heteroatoms. The molecule has 2 aliphatic rings. The Kier molecular flexibility index (Phi) is 3.91. The summed E-state index contributed by atoms with van der Waals surface area (Å²) in [7, 11) is 0. The summed E-state index contributed by atoms with van der Waals surface area (Å²) in [5, 5.41) is 13.8. The lowest BCUT2D eigenvalue weighted by Crippen LogP contribution is -2.40. The van der Waals surface area contributed by atoms with Crippen LogP contribution >= 0.6 is 0 Å². The molecule has 0 bridgehead atoms. The Balaban J connectivity index is 1.65. The number of imidazole rings is 1. The summed E-state index contributed by atoms with van der Waals surface area (Å²) >= 11 is 0. The number of primary amides is 1. The Labute approximate surface area is 183 Å². The van der Waals surface area contributed by atoms with Crippen LogP contribution in [0.2, 0.25) is 0 Å². The van der Waals surface area contributed by atoms with Crippen LogP contribution in [0.1, 0.15) is 51.8 Å². The third-order valence-corrected chi connectivity index (χ3v) is 6.50. The van der Waals surface area contributed by atoms with E-state index in [-0.39, 0.29) is 23.3 Å². The first-order valence-electron chi connectivity index (χ1n) is 10.4. The second-order valence-electron chi connectivity index (χ2n) is 9.33. The number of nitrogens with zero attached hydrogens (tertiary/aromatic N) is 4. The Morgan fingerprint density at radius 2 is 1.97 bits per heavy atom. The first-order valence-corrected chi connectivity index (χ1v) is 10.4. The van der Waals surface area contributed by atoms with E-state index < -0.39 is 22.8 Å². The number of aromatic amines is 1. The Bertz CT molecular complexity index is 1330. The highest BCUT2D eigenvalue weighted by atomic mass is 16.4. The second kappa shape index (κ2) is 6.18. The SMILES string of the molecule is CC(C)N1C(=O)C(C)(C)c2cc3[nH]c(-c4[c]c(C5(C(=O)O)CC5)n(C(N)=O)n4)nc3cc21. The minimum Gasteiger partial charge on any atom is -0.481 e. The molecule has 1 radical (unpaired) electrons. The zero-order valence-corrected chi connectivity index (χ0v) is 18.2. The molecule has 2 amide bonds. The number of fused-ring (bicyclic) bond motifs is 2. The van der Waals surface area contributed by atoms with E-state index in [1.807, 2.05) is 39.8 Å². The zero-order chi connectivity index (χ0) is 23.2. The topological polar surface area (TPSA) is 147 Å². The Hall–Kier alpha value is -3.69. The van der Waals surface area contributed by atoms with E-state index in [0.29, 0.717) is 29.7 Å². The van der Waals surface area contributed by atoms with Gasteiger partial charge in [-0.1, -0.05) is 0 Å². The van der Waals surface area contributed by atoms with Gasteiger partial charge in [-0.05, 0) is 58.2 Å². The molecule has 1 aliphatic carbocycles. The monoisotopic (exact) mass is 435 g/mol. The number of carboxylic acid groups (broad SMARTS) is 1. The number of amides is 2. The molecule has 1 fully saturated rings. The van der Waals surface area contributed by atoms with Crippen LogP contribution in [0.5, 0.6) is 0 Å². The van der Waals surface area contributed by atoms with Gasteiger partial charge in [-0.15, -0.1) is 0 Å². The number of anilines is 1. The highest BCUT2D eigenvalue weighted by Gasteiger charge is 2.55. The van der Waals surface area contributed by atoms with Crippen LogP contribution in [-0.2, 0) is 20.4 Å². The van der Waals surface area contributed by atoms with Crippen LogP contribution in [0.4, 0.5) is 10.5 Å². The number of carbonyl (C=O) groups excluding carboxylic acids is 2. The van der Waals surface area contributed by atoms with Crippen molar-refractivity contribution in [3.8, 4) is 11.5 Å².